The van der Waals surface area contributed by atoms with Gasteiger partial charge in [-0.15, -0.1) is 0 Å². The lowest BCUT2D eigenvalue weighted by Crippen LogP contribution is -2.29. The number of methoxy groups -OCH3 is 1. The number of carbonyl (C=O) groups is 2. The maximum absolute atomic E-state index is 14.0. The molecule has 4 rings (SSSR count). The lowest BCUT2D eigenvalue weighted by molar-refractivity contribution is -0.132. The Balaban J connectivity index is 1.94. The fraction of sp³-hybridized carbons (Fsp3) is 0.154. The van der Waals surface area contributed by atoms with E-state index in [1.807, 2.05) is 19.1 Å². The minimum atomic E-state index is -0.947. The first kappa shape index (κ1) is 21.3. The molecule has 1 fully saturated rings. The first-order valence-electron chi connectivity index (χ1n) is 10.2. The number of hydrogen-bond acceptors (Lipinski definition) is 4. The number of hydrogen-bond donors (Lipinski definition) is 1. The molecule has 3 aromatic rings. The Kier molecular flexibility index (Phi) is 5.77. The Bertz CT molecular complexity index is 1220. The molecule has 1 aliphatic rings. The van der Waals surface area contributed by atoms with E-state index in [1.165, 1.54) is 30.2 Å². The highest BCUT2D eigenvalue weighted by Gasteiger charge is 2.47. The van der Waals surface area contributed by atoms with Crippen LogP contribution in [0, 0.1) is 5.82 Å². The van der Waals surface area contributed by atoms with Gasteiger partial charge in [-0.2, -0.15) is 0 Å². The molecule has 0 aromatic heterocycles. The van der Waals surface area contributed by atoms with Gasteiger partial charge in [-0.25, -0.2) is 4.39 Å². The van der Waals surface area contributed by atoms with Gasteiger partial charge in [0.2, 0.25) is 0 Å². The van der Waals surface area contributed by atoms with Gasteiger partial charge in [-0.05, 0) is 47.9 Å². The molecule has 32 heavy (non-hydrogen) atoms. The fourth-order valence-electron chi connectivity index (χ4n) is 3.91. The number of Topliss-reactive ketones (excluding diaryl/α,β-unsaturated/α-hetero) is 1. The van der Waals surface area contributed by atoms with Crippen LogP contribution < -0.4 is 9.64 Å². The van der Waals surface area contributed by atoms with E-state index in [4.69, 9.17) is 4.74 Å². The van der Waals surface area contributed by atoms with Gasteiger partial charge in [0, 0.05) is 11.3 Å². The summed E-state index contributed by atoms with van der Waals surface area (Å²) in [4.78, 5) is 27.4. The average molecular weight is 431 g/mol. The molecule has 1 unspecified atom stereocenters. The van der Waals surface area contributed by atoms with Gasteiger partial charge in [-0.3, -0.25) is 14.5 Å². The molecule has 0 aliphatic carbocycles. The lowest BCUT2D eigenvalue weighted by Gasteiger charge is -2.25. The Morgan fingerprint density at radius 2 is 1.75 bits per heavy atom. The van der Waals surface area contributed by atoms with Gasteiger partial charge < -0.3 is 9.84 Å². The van der Waals surface area contributed by atoms with Crippen molar-refractivity contribution in [1.29, 1.82) is 0 Å². The monoisotopic (exact) mass is 431 g/mol. The molecule has 3 aromatic carbocycles. The van der Waals surface area contributed by atoms with Crippen molar-refractivity contribution >= 4 is 23.1 Å². The third-order valence-electron chi connectivity index (χ3n) is 5.58. The number of halogens is 1. The van der Waals surface area contributed by atoms with Crippen molar-refractivity contribution in [3.05, 3.63) is 101 Å². The summed E-state index contributed by atoms with van der Waals surface area (Å²) in [6.45, 7) is 2.02. The number of aliphatic hydroxyl groups excluding tert-OH is 1. The number of ketones is 1. The van der Waals surface area contributed by atoms with E-state index in [2.05, 4.69) is 0 Å². The van der Waals surface area contributed by atoms with Crippen LogP contribution in [-0.2, 0) is 16.0 Å². The van der Waals surface area contributed by atoms with Crippen LogP contribution in [-0.4, -0.2) is 23.9 Å². The van der Waals surface area contributed by atoms with E-state index in [1.54, 1.807) is 42.5 Å². The Morgan fingerprint density at radius 3 is 2.41 bits per heavy atom. The first-order valence-corrected chi connectivity index (χ1v) is 10.2. The van der Waals surface area contributed by atoms with E-state index in [0.717, 1.165) is 12.0 Å². The molecule has 0 spiro atoms. The average Bonchev–Trinajstić information content (AvgIpc) is 3.09. The summed E-state index contributed by atoms with van der Waals surface area (Å²) in [6.07, 6.45) is 0.828. The number of aliphatic hydroxyl groups is 1. The summed E-state index contributed by atoms with van der Waals surface area (Å²) < 4.78 is 19.3. The van der Waals surface area contributed by atoms with E-state index in [9.17, 15) is 19.1 Å². The third-order valence-corrected chi connectivity index (χ3v) is 5.58. The van der Waals surface area contributed by atoms with Gasteiger partial charge in [0.1, 0.15) is 17.3 Å². The van der Waals surface area contributed by atoms with Gasteiger partial charge in [-0.1, -0.05) is 49.4 Å². The van der Waals surface area contributed by atoms with Gasteiger partial charge in [0.05, 0.1) is 18.7 Å². The topological polar surface area (TPSA) is 66.8 Å². The highest BCUT2D eigenvalue weighted by Crippen LogP contribution is 2.42. The standard InChI is InChI=1S/C26H22FNO4/c1-3-16-10-12-17(13-11-16)24(29)22-23(18-6-4-9-21(14-18)32-2)28(26(31)25(22)30)20-8-5-7-19(27)15-20/h4-15,23,29H,3H2,1-2H3/b24-22+. The Labute approximate surface area is 185 Å². The molecule has 5 nitrogen and oxygen atoms in total. The van der Waals surface area contributed by atoms with E-state index in [0.29, 0.717) is 16.9 Å². The zero-order chi connectivity index (χ0) is 22.8. The summed E-state index contributed by atoms with van der Waals surface area (Å²) in [5.41, 5.74) is 2.22. The van der Waals surface area contributed by atoms with Crippen molar-refractivity contribution in [2.24, 2.45) is 0 Å². The number of aryl methyl sites for hydroxylation is 1. The minimum absolute atomic E-state index is 0.0586. The number of carbonyl (C=O) groups excluding carboxylic acids is 2. The summed E-state index contributed by atoms with van der Waals surface area (Å²) in [6, 6.07) is 18.6. The molecule has 1 heterocycles. The maximum atomic E-state index is 14.0. The first-order chi connectivity index (χ1) is 15.4. The van der Waals surface area contributed by atoms with Gasteiger partial charge >= 0.3 is 0 Å². The van der Waals surface area contributed by atoms with Crippen molar-refractivity contribution in [1.82, 2.24) is 0 Å². The fourth-order valence-corrected chi connectivity index (χ4v) is 3.91. The zero-order valence-corrected chi connectivity index (χ0v) is 17.7. The Hall–Kier alpha value is -3.93. The molecule has 162 valence electrons. The molecule has 0 bridgehead atoms. The van der Waals surface area contributed by atoms with Crippen molar-refractivity contribution in [3.63, 3.8) is 0 Å². The molecular weight excluding hydrogens is 409 g/mol. The van der Waals surface area contributed by atoms with Crippen LogP contribution in [0.2, 0.25) is 0 Å². The third kappa shape index (κ3) is 3.75. The van der Waals surface area contributed by atoms with Crippen LogP contribution in [0.5, 0.6) is 5.75 Å². The van der Waals surface area contributed by atoms with Gasteiger partial charge in [0.15, 0.2) is 0 Å². The van der Waals surface area contributed by atoms with Crippen LogP contribution in [0.3, 0.4) is 0 Å². The number of anilines is 1. The van der Waals surface area contributed by atoms with E-state index < -0.39 is 23.5 Å². The molecule has 6 heteroatoms. The Morgan fingerprint density at radius 1 is 1.03 bits per heavy atom. The predicted octanol–water partition coefficient (Wildman–Crippen LogP) is 5.02. The summed E-state index contributed by atoms with van der Waals surface area (Å²) in [5, 5.41) is 11.1. The van der Waals surface area contributed by atoms with Crippen LogP contribution in [0.15, 0.2) is 78.4 Å². The maximum Gasteiger partial charge on any atom is 0.300 e. The normalized spacial score (nSPS) is 17.6. The van der Waals surface area contributed by atoms with Crippen molar-refractivity contribution < 1.29 is 23.8 Å². The van der Waals surface area contributed by atoms with Crippen molar-refractivity contribution in [3.8, 4) is 5.75 Å². The quantitative estimate of drug-likeness (QED) is 0.350. The number of ether oxygens (including phenoxy) is 1. The number of amides is 1. The second-order valence-corrected chi connectivity index (χ2v) is 7.48. The molecule has 1 aliphatic heterocycles. The zero-order valence-electron chi connectivity index (χ0n) is 17.7. The van der Waals surface area contributed by atoms with E-state index >= 15 is 0 Å². The smallest absolute Gasteiger partial charge is 0.300 e. The highest BCUT2D eigenvalue weighted by atomic mass is 19.1. The van der Waals surface area contributed by atoms with Gasteiger partial charge in [0.25, 0.3) is 11.7 Å². The summed E-state index contributed by atoms with van der Waals surface area (Å²) >= 11 is 0. The number of benzene rings is 3. The SMILES string of the molecule is CCc1ccc(/C(O)=C2\C(=O)C(=O)N(c3cccc(F)c3)C2c2cccc(OC)c2)cc1. The van der Waals surface area contributed by atoms with E-state index in [-0.39, 0.29) is 17.0 Å². The second-order valence-electron chi connectivity index (χ2n) is 7.48. The molecule has 1 atom stereocenters. The molecule has 0 radical (unpaired) electrons. The second kappa shape index (κ2) is 8.67. The van der Waals surface area contributed by atoms with Crippen molar-refractivity contribution in [2.75, 3.05) is 12.0 Å². The van der Waals surface area contributed by atoms with Crippen LogP contribution in [0.4, 0.5) is 10.1 Å². The summed E-state index contributed by atoms with van der Waals surface area (Å²) in [5.74, 6) is -1.96. The van der Waals surface area contributed by atoms with Crippen LogP contribution in [0.1, 0.15) is 29.7 Å². The number of rotatable bonds is 5. The summed E-state index contributed by atoms with van der Waals surface area (Å²) in [7, 11) is 1.51. The molecule has 1 N–H and O–H groups in total. The largest absolute Gasteiger partial charge is 0.507 e. The molecule has 0 saturated carbocycles. The van der Waals surface area contributed by atoms with Crippen molar-refractivity contribution in [2.45, 2.75) is 19.4 Å². The van der Waals surface area contributed by atoms with Crippen LogP contribution >= 0.6 is 0 Å². The highest BCUT2D eigenvalue weighted by molar-refractivity contribution is 6.51. The molecular formula is C26H22FNO4. The molecule has 1 amide bonds. The lowest BCUT2D eigenvalue weighted by atomic mass is 9.94. The predicted molar refractivity (Wildman–Crippen MR) is 120 cm³/mol. The molecule has 1 saturated heterocycles. The number of nitrogens with zero attached hydrogens (tertiary/aromatic N) is 1. The van der Waals surface area contributed by atoms with Crippen LogP contribution in [0.25, 0.3) is 5.76 Å². The minimum Gasteiger partial charge on any atom is -0.507 e.